The van der Waals surface area contributed by atoms with Crippen LogP contribution in [0.15, 0.2) is 17.0 Å². The highest BCUT2D eigenvalue weighted by Crippen LogP contribution is 2.38. The van der Waals surface area contributed by atoms with Crippen LogP contribution in [-0.4, -0.2) is 21.1 Å². The molecular formula is C12H17ClN2O3S. The Hall–Kier alpha value is -0.820. The van der Waals surface area contributed by atoms with Gasteiger partial charge in [-0.15, -0.1) is 0 Å². The van der Waals surface area contributed by atoms with Crippen molar-refractivity contribution in [2.24, 2.45) is 5.73 Å². The Balaban J connectivity index is 2.58. The first-order valence-corrected chi connectivity index (χ1v) is 7.91. The molecule has 1 atom stereocenters. The molecule has 0 saturated carbocycles. The lowest BCUT2D eigenvalue weighted by molar-refractivity contribution is 0.261. The van der Waals surface area contributed by atoms with Gasteiger partial charge in [0.05, 0.1) is 6.61 Å². The number of hydrogen-bond donors (Lipinski definition) is 2. The second kappa shape index (κ2) is 5.28. The molecule has 3 N–H and O–H groups in total. The predicted octanol–water partition coefficient (Wildman–Crippen LogP) is 1.81. The summed E-state index contributed by atoms with van der Waals surface area (Å²) in [5.41, 5.74) is 6.62. The first-order chi connectivity index (χ1) is 8.81. The minimum Gasteiger partial charge on any atom is -0.492 e. The normalized spacial score (nSPS) is 19.1. The number of hydrogen-bond acceptors (Lipinski definition) is 4. The SMILES string of the molecule is CC(C)NS(=O)(=O)c1cc(Cl)cc2c1OCCC2N. The Morgan fingerprint density at radius 2 is 2.16 bits per heavy atom. The summed E-state index contributed by atoms with van der Waals surface area (Å²) in [5.74, 6) is 0.316. The van der Waals surface area contributed by atoms with E-state index in [1.807, 2.05) is 0 Å². The van der Waals surface area contributed by atoms with Crippen LogP contribution in [0.3, 0.4) is 0 Å². The maximum atomic E-state index is 12.3. The van der Waals surface area contributed by atoms with Crippen LogP contribution in [0.2, 0.25) is 5.02 Å². The minimum absolute atomic E-state index is 0.0545. The van der Waals surface area contributed by atoms with Crippen molar-refractivity contribution in [3.63, 3.8) is 0 Å². The number of halogens is 1. The van der Waals surface area contributed by atoms with Crippen molar-refractivity contribution < 1.29 is 13.2 Å². The summed E-state index contributed by atoms with van der Waals surface area (Å²) < 4.78 is 32.6. The topological polar surface area (TPSA) is 81.4 Å². The largest absolute Gasteiger partial charge is 0.492 e. The molecular weight excluding hydrogens is 288 g/mol. The first kappa shape index (κ1) is 14.6. The highest BCUT2D eigenvalue weighted by Gasteiger charge is 2.28. The van der Waals surface area contributed by atoms with Crippen molar-refractivity contribution in [3.05, 3.63) is 22.7 Å². The van der Waals surface area contributed by atoms with Crippen LogP contribution in [0.5, 0.6) is 5.75 Å². The molecule has 19 heavy (non-hydrogen) atoms. The molecule has 5 nitrogen and oxygen atoms in total. The fraction of sp³-hybridized carbons (Fsp3) is 0.500. The van der Waals surface area contributed by atoms with Crippen LogP contribution in [0.25, 0.3) is 0 Å². The van der Waals surface area contributed by atoms with E-state index in [4.69, 9.17) is 22.1 Å². The highest BCUT2D eigenvalue weighted by molar-refractivity contribution is 7.89. The molecule has 1 aliphatic rings. The standard InChI is InChI=1S/C12H17ClN2O3S/c1-7(2)15-19(16,17)11-6-8(13)5-9-10(14)3-4-18-12(9)11/h5-7,10,15H,3-4,14H2,1-2H3. The number of sulfonamides is 1. The van der Waals surface area contributed by atoms with Gasteiger partial charge in [0.15, 0.2) is 0 Å². The Labute approximate surface area is 118 Å². The zero-order valence-corrected chi connectivity index (χ0v) is 12.4. The van der Waals surface area contributed by atoms with Crippen molar-refractivity contribution in [2.75, 3.05) is 6.61 Å². The van der Waals surface area contributed by atoms with E-state index < -0.39 is 10.0 Å². The highest BCUT2D eigenvalue weighted by atomic mass is 35.5. The molecule has 7 heteroatoms. The molecule has 0 saturated heterocycles. The summed E-state index contributed by atoms with van der Waals surface area (Å²) in [6.45, 7) is 3.91. The fourth-order valence-electron chi connectivity index (χ4n) is 2.04. The van der Waals surface area contributed by atoms with E-state index in [-0.39, 0.29) is 17.0 Å². The van der Waals surface area contributed by atoms with Gasteiger partial charge in [-0.2, -0.15) is 0 Å². The fourth-order valence-corrected chi connectivity index (χ4v) is 3.78. The van der Waals surface area contributed by atoms with Crippen molar-refractivity contribution in [3.8, 4) is 5.75 Å². The van der Waals surface area contributed by atoms with Crippen LogP contribution < -0.4 is 15.2 Å². The van der Waals surface area contributed by atoms with E-state index >= 15 is 0 Å². The lowest BCUT2D eigenvalue weighted by atomic mass is 10.0. The molecule has 0 amide bonds. The first-order valence-electron chi connectivity index (χ1n) is 6.05. The quantitative estimate of drug-likeness (QED) is 0.892. The molecule has 1 unspecified atom stereocenters. The van der Waals surface area contributed by atoms with Crippen molar-refractivity contribution >= 4 is 21.6 Å². The third-order valence-electron chi connectivity index (χ3n) is 2.80. The van der Waals surface area contributed by atoms with Crippen LogP contribution in [0.4, 0.5) is 0 Å². The monoisotopic (exact) mass is 304 g/mol. The maximum absolute atomic E-state index is 12.3. The third kappa shape index (κ3) is 3.02. The molecule has 1 heterocycles. The molecule has 1 aliphatic heterocycles. The Kier molecular flexibility index (Phi) is 4.06. The molecule has 1 aromatic carbocycles. The molecule has 0 bridgehead atoms. The van der Waals surface area contributed by atoms with Crippen LogP contribution >= 0.6 is 11.6 Å². The van der Waals surface area contributed by atoms with Gasteiger partial charge in [0, 0.05) is 29.1 Å². The van der Waals surface area contributed by atoms with Crippen molar-refractivity contribution in [2.45, 2.75) is 37.2 Å². The zero-order chi connectivity index (χ0) is 14.2. The molecule has 0 radical (unpaired) electrons. The number of nitrogens with one attached hydrogen (secondary N) is 1. The molecule has 0 fully saturated rings. The van der Waals surface area contributed by atoms with Crippen LogP contribution in [0, 0.1) is 0 Å². The Bertz CT molecular complexity index is 587. The van der Waals surface area contributed by atoms with Crippen LogP contribution in [0.1, 0.15) is 31.9 Å². The summed E-state index contributed by atoms with van der Waals surface area (Å²) >= 11 is 5.99. The van der Waals surface area contributed by atoms with E-state index in [1.54, 1.807) is 19.9 Å². The van der Waals surface area contributed by atoms with E-state index in [2.05, 4.69) is 4.72 Å². The molecule has 0 spiro atoms. The van der Waals surface area contributed by atoms with E-state index in [0.29, 0.717) is 29.4 Å². The lowest BCUT2D eigenvalue weighted by Gasteiger charge is -2.25. The number of nitrogens with two attached hydrogens (primary N) is 1. The number of rotatable bonds is 3. The Morgan fingerprint density at radius 3 is 2.79 bits per heavy atom. The van der Waals surface area contributed by atoms with Gasteiger partial charge < -0.3 is 10.5 Å². The van der Waals surface area contributed by atoms with E-state index in [9.17, 15) is 8.42 Å². The predicted molar refractivity (Wildman–Crippen MR) is 73.9 cm³/mol. The molecule has 0 aromatic heterocycles. The number of fused-ring (bicyclic) bond motifs is 1. The lowest BCUT2D eigenvalue weighted by Crippen LogP contribution is -2.31. The smallest absolute Gasteiger partial charge is 0.244 e. The molecule has 2 rings (SSSR count). The van der Waals surface area contributed by atoms with Gasteiger partial charge in [-0.05, 0) is 26.0 Å². The second-order valence-electron chi connectivity index (χ2n) is 4.84. The van der Waals surface area contributed by atoms with Gasteiger partial charge in [-0.25, -0.2) is 13.1 Å². The Morgan fingerprint density at radius 1 is 1.47 bits per heavy atom. The molecule has 0 aliphatic carbocycles. The van der Waals surface area contributed by atoms with Gasteiger partial charge in [-0.1, -0.05) is 11.6 Å². The third-order valence-corrected chi connectivity index (χ3v) is 4.69. The molecule has 106 valence electrons. The summed E-state index contributed by atoms with van der Waals surface area (Å²) in [6, 6.07) is 2.59. The minimum atomic E-state index is -3.66. The summed E-state index contributed by atoms with van der Waals surface area (Å²) in [7, 11) is -3.66. The van der Waals surface area contributed by atoms with Crippen molar-refractivity contribution in [1.82, 2.24) is 4.72 Å². The van der Waals surface area contributed by atoms with E-state index in [1.165, 1.54) is 6.07 Å². The van der Waals surface area contributed by atoms with Gasteiger partial charge in [0.1, 0.15) is 10.6 Å². The van der Waals surface area contributed by atoms with Gasteiger partial charge >= 0.3 is 0 Å². The average Bonchev–Trinajstić information content (AvgIpc) is 2.27. The van der Waals surface area contributed by atoms with Gasteiger partial charge in [-0.3, -0.25) is 0 Å². The van der Waals surface area contributed by atoms with Gasteiger partial charge in [0.2, 0.25) is 10.0 Å². The van der Waals surface area contributed by atoms with Crippen molar-refractivity contribution in [1.29, 1.82) is 0 Å². The second-order valence-corrected chi connectivity index (χ2v) is 6.96. The summed E-state index contributed by atoms with van der Waals surface area (Å²) in [5, 5.41) is 0.337. The molecule has 1 aromatic rings. The van der Waals surface area contributed by atoms with Gasteiger partial charge in [0.25, 0.3) is 0 Å². The number of ether oxygens (including phenoxy) is 1. The summed E-state index contributed by atoms with van der Waals surface area (Å²) in [4.78, 5) is 0.0545. The van der Waals surface area contributed by atoms with Crippen LogP contribution in [-0.2, 0) is 10.0 Å². The van der Waals surface area contributed by atoms with E-state index in [0.717, 1.165) is 0 Å². The maximum Gasteiger partial charge on any atom is 0.244 e. The number of benzene rings is 1. The zero-order valence-electron chi connectivity index (χ0n) is 10.8. The average molecular weight is 305 g/mol. The summed E-state index contributed by atoms with van der Waals surface area (Å²) in [6.07, 6.45) is 0.643.